The van der Waals surface area contributed by atoms with E-state index in [9.17, 15) is 14.4 Å². The summed E-state index contributed by atoms with van der Waals surface area (Å²) in [6, 6.07) is 17.3. The fraction of sp³-hybridized carbons (Fsp3) is 0.360. The van der Waals surface area contributed by atoms with Crippen LogP contribution >= 0.6 is 11.3 Å². The van der Waals surface area contributed by atoms with Crippen LogP contribution in [0, 0.1) is 17.2 Å². The van der Waals surface area contributed by atoms with Gasteiger partial charge in [-0.15, -0.1) is 11.3 Å². The Labute approximate surface area is 185 Å². The number of nitrogens with zero attached hydrogens (tertiary/aromatic N) is 1. The van der Waals surface area contributed by atoms with Gasteiger partial charge in [-0.05, 0) is 60.2 Å². The Morgan fingerprint density at radius 2 is 2.10 bits per heavy atom. The molecule has 160 valence electrons. The number of thiophene rings is 1. The molecule has 1 fully saturated rings. The molecule has 1 aromatic heterocycles. The molecule has 0 saturated heterocycles. The Balaban J connectivity index is 1.43. The van der Waals surface area contributed by atoms with E-state index in [2.05, 4.69) is 6.07 Å². The molecule has 0 aliphatic heterocycles. The van der Waals surface area contributed by atoms with Gasteiger partial charge < -0.3 is 9.47 Å². The molecule has 31 heavy (non-hydrogen) atoms. The maximum Gasteiger partial charge on any atom is 0.348 e. The highest BCUT2D eigenvalue weighted by atomic mass is 32.1. The molecular weight excluding hydrogens is 413 g/mol. The van der Waals surface area contributed by atoms with Crippen LogP contribution in [-0.2, 0) is 16.1 Å². The molecule has 0 radical (unpaired) electrons. The van der Waals surface area contributed by atoms with E-state index >= 15 is 0 Å². The van der Waals surface area contributed by atoms with E-state index in [0.29, 0.717) is 36.7 Å². The van der Waals surface area contributed by atoms with Crippen LogP contribution in [0.3, 0.4) is 0 Å². The number of rotatable bonds is 7. The number of fused-ring (bicyclic) bond motifs is 1. The van der Waals surface area contributed by atoms with E-state index in [-0.39, 0.29) is 17.8 Å². The van der Waals surface area contributed by atoms with Gasteiger partial charge in [-0.25, -0.2) is 9.18 Å². The third kappa shape index (κ3) is 4.63. The predicted molar refractivity (Wildman–Crippen MR) is 119 cm³/mol. The molecule has 0 N–H and O–H groups in total. The van der Waals surface area contributed by atoms with Crippen molar-refractivity contribution in [2.75, 3.05) is 13.2 Å². The summed E-state index contributed by atoms with van der Waals surface area (Å²) in [4.78, 5) is 13.3. The van der Waals surface area contributed by atoms with E-state index in [1.807, 2.05) is 36.4 Å². The van der Waals surface area contributed by atoms with Crippen molar-refractivity contribution in [1.82, 2.24) is 0 Å². The zero-order valence-electron chi connectivity index (χ0n) is 17.3. The van der Waals surface area contributed by atoms with Crippen molar-refractivity contribution >= 4 is 28.1 Å². The lowest BCUT2D eigenvalue weighted by Crippen LogP contribution is -2.18. The number of esters is 1. The minimum Gasteiger partial charge on any atom is -0.462 e. The van der Waals surface area contributed by atoms with Crippen LogP contribution < -0.4 is 0 Å². The summed E-state index contributed by atoms with van der Waals surface area (Å²) in [5.41, 5.74) is 1.59. The van der Waals surface area contributed by atoms with Crippen LogP contribution in [0.25, 0.3) is 10.8 Å². The Morgan fingerprint density at radius 3 is 2.90 bits per heavy atom. The number of carbonyl (C=O) groups is 1. The third-order valence-corrected chi connectivity index (χ3v) is 6.87. The largest absolute Gasteiger partial charge is 0.462 e. The van der Waals surface area contributed by atoms with Gasteiger partial charge in [0, 0.05) is 10.8 Å². The molecule has 3 atom stereocenters. The normalized spacial score (nSPS) is 20.6. The number of ether oxygens (including phenoxy) is 2. The first-order chi connectivity index (χ1) is 15.1. The zero-order chi connectivity index (χ0) is 21.8. The minimum atomic E-state index is -0.901. The minimum absolute atomic E-state index is 0.0936. The van der Waals surface area contributed by atoms with Crippen molar-refractivity contribution in [2.45, 2.75) is 38.5 Å². The second kappa shape index (κ2) is 9.59. The quantitative estimate of drug-likeness (QED) is 0.426. The first kappa shape index (κ1) is 21.5. The second-order valence-electron chi connectivity index (χ2n) is 7.78. The Hall–Kier alpha value is -2.75. The van der Waals surface area contributed by atoms with Gasteiger partial charge in [0.2, 0.25) is 0 Å². The maximum atomic E-state index is 14.8. The standard InChI is InChI=1S/C25H24FNO3S/c1-2-30-25(28)23-11-8-20(31-23)15-29-14-19-7-10-22(26)24(19)17-6-9-21-16(12-17)4-3-5-18(21)13-27/h3-6,8-9,11-12,19,22,24H,2,7,10,14-15H2,1H3. The van der Waals surface area contributed by atoms with Gasteiger partial charge in [0.1, 0.15) is 11.0 Å². The molecule has 6 heteroatoms. The first-order valence-electron chi connectivity index (χ1n) is 10.5. The average molecular weight is 438 g/mol. The highest BCUT2D eigenvalue weighted by Crippen LogP contribution is 2.43. The fourth-order valence-corrected chi connectivity index (χ4v) is 5.22. The van der Waals surface area contributed by atoms with Crippen LogP contribution in [0.15, 0.2) is 48.5 Å². The molecule has 0 spiro atoms. The number of hydrogen-bond donors (Lipinski definition) is 0. The molecule has 4 nitrogen and oxygen atoms in total. The lowest BCUT2D eigenvalue weighted by Gasteiger charge is -2.22. The molecule has 0 amide bonds. The molecule has 1 aliphatic rings. The smallest absolute Gasteiger partial charge is 0.348 e. The number of benzene rings is 2. The van der Waals surface area contributed by atoms with Gasteiger partial charge >= 0.3 is 5.97 Å². The van der Waals surface area contributed by atoms with Crippen molar-refractivity contribution in [2.24, 2.45) is 5.92 Å². The summed E-state index contributed by atoms with van der Waals surface area (Å²) in [6.45, 7) is 2.99. The highest BCUT2D eigenvalue weighted by Gasteiger charge is 2.37. The van der Waals surface area contributed by atoms with Gasteiger partial charge in [0.05, 0.1) is 31.5 Å². The molecule has 3 aromatic rings. The summed E-state index contributed by atoms with van der Waals surface area (Å²) in [5.74, 6) is -0.435. The molecule has 4 rings (SSSR count). The average Bonchev–Trinajstić information content (AvgIpc) is 3.40. The Bertz CT molecular complexity index is 1120. The number of halogens is 1. The van der Waals surface area contributed by atoms with Crippen LogP contribution in [-0.4, -0.2) is 25.4 Å². The zero-order valence-corrected chi connectivity index (χ0v) is 18.2. The number of nitriles is 1. The Morgan fingerprint density at radius 1 is 1.23 bits per heavy atom. The van der Waals surface area contributed by atoms with Gasteiger partial charge in [-0.2, -0.15) is 5.26 Å². The highest BCUT2D eigenvalue weighted by molar-refractivity contribution is 7.13. The van der Waals surface area contributed by atoms with E-state index < -0.39 is 6.17 Å². The molecule has 1 aliphatic carbocycles. The van der Waals surface area contributed by atoms with E-state index in [4.69, 9.17) is 9.47 Å². The lowest BCUT2D eigenvalue weighted by atomic mass is 9.87. The van der Waals surface area contributed by atoms with Crippen molar-refractivity contribution in [3.8, 4) is 6.07 Å². The molecule has 2 aromatic carbocycles. The van der Waals surface area contributed by atoms with Gasteiger partial charge in [0.15, 0.2) is 0 Å². The number of hydrogen-bond acceptors (Lipinski definition) is 5. The summed E-state index contributed by atoms with van der Waals surface area (Å²) in [5, 5.41) is 11.2. The van der Waals surface area contributed by atoms with Crippen LogP contribution in [0.4, 0.5) is 4.39 Å². The van der Waals surface area contributed by atoms with Gasteiger partial charge in [-0.3, -0.25) is 0 Å². The van der Waals surface area contributed by atoms with Crippen LogP contribution in [0.2, 0.25) is 0 Å². The monoisotopic (exact) mass is 437 g/mol. The predicted octanol–water partition coefficient (Wildman–Crippen LogP) is 6.00. The van der Waals surface area contributed by atoms with Crippen molar-refractivity contribution in [3.63, 3.8) is 0 Å². The molecule has 1 heterocycles. The SMILES string of the molecule is CCOC(=O)c1ccc(COCC2CCC(F)C2c2ccc3c(C#N)cccc3c2)s1. The summed E-state index contributed by atoms with van der Waals surface area (Å²) in [7, 11) is 0. The second-order valence-corrected chi connectivity index (χ2v) is 8.95. The fourth-order valence-electron chi connectivity index (χ4n) is 4.38. The summed E-state index contributed by atoms with van der Waals surface area (Å²) >= 11 is 1.37. The third-order valence-electron chi connectivity index (χ3n) is 5.84. The summed E-state index contributed by atoms with van der Waals surface area (Å²) < 4.78 is 25.8. The molecular formula is C25H24FNO3S. The van der Waals surface area contributed by atoms with E-state index in [1.165, 1.54) is 11.3 Å². The number of alkyl halides is 1. The topological polar surface area (TPSA) is 59.3 Å². The number of carbonyl (C=O) groups excluding carboxylic acids is 1. The van der Waals surface area contributed by atoms with Crippen LogP contribution in [0.1, 0.15) is 51.4 Å². The van der Waals surface area contributed by atoms with Crippen molar-refractivity contribution in [1.29, 1.82) is 5.26 Å². The molecule has 1 saturated carbocycles. The lowest BCUT2D eigenvalue weighted by molar-refractivity contribution is 0.0532. The maximum absolute atomic E-state index is 14.8. The van der Waals surface area contributed by atoms with Gasteiger partial charge in [-0.1, -0.05) is 30.3 Å². The molecule has 0 bridgehead atoms. The van der Waals surface area contributed by atoms with Crippen molar-refractivity contribution < 1.29 is 18.7 Å². The van der Waals surface area contributed by atoms with E-state index in [0.717, 1.165) is 27.6 Å². The Kier molecular flexibility index (Phi) is 6.64. The first-order valence-corrected chi connectivity index (χ1v) is 11.3. The van der Waals surface area contributed by atoms with Crippen LogP contribution in [0.5, 0.6) is 0 Å². The van der Waals surface area contributed by atoms with Crippen molar-refractivity contribution in [3.05, 3.63) is 69.4 Å². The van der Waals surface area contributed by atoms with E-state index in [1.54, 1.807) is 19.1 Å². The van der Waals surface area contributed by atoms with Gasteiger partial charge in [0.25, 0.3) is 0 Å². The summed E-state index contributed by atoms with van der Waals surface area (Å²) in [6.07, 6.45) is 0.407. The molecule has 3 unspecified atom stereocenters.